The molecule has 3 rings (SSSR count). The Bertz CT molecular complexity index is 697. The van der Waals surface area contributed by atoms with Crippen LogP contribution >= 0.6 is 0 Å². The molecule has 0 aliphatic carbocycles. The Morgan fingerprint density at radius 1 is 1.13 bits per heavy atom. The van der Waals surface area contributed by atoms with Crippen molar-refractivity contribution in [1.82, 2.24) is 9.80 Å². The summed E-state index contributed by atoms with van der Waals surface area (Å²) in [4.78, 5) is 28.6. The van der Waals surface area contributed by atoms with Gasteiger partial charge in [-0.2, -0.15) is 0 Å². The number of nitrogens with zero attached hydrogens (tertiary/aromatic N) is 2. The first-order valence-corrected chi connectivity index (χ1v) is 10.9. The van der Waals surface area contributed by atoms with Gasteiger partial charge in [0.25, 0.3) is 5.91 Å². The molecule has 1 aromatic rings. The third kappa shape index (κ3) is 6.19. The summed E-state index contributed by atoms with van der Waals surface area (Å²) in [6.45, 7) is 3.80. The van der Waals surface area contributed by atoms with Crippen molar-refractivity contribution < 1.29 is 23.8 Å². The van der Waals surface area contributed by atoms with Crippen LogP contribution in [0.15, 0.2) is 24.3 Å². The number of methoxy groups -OCH3 is 1. The van der Waals surface area contributed by atoms with Crippen LogP contribution in [0.25, 0.3) is 0 Å². The van der Waals surface area contributed by atoms with Crippen LogP contribution in [0.4, 0.5) is 0 Å². The summed E-state index contributed by atoms with van der Waals surface area (Å²) < 4.78 is 16.6. The number of amides is 2. The molecular formula is C23H34N2O5. The predicted molar refractivity (Wildman–Crippen MR) is 114 cm³/mol. The fraction of sp³-hybridized carbons (Fsp3) is 0.652. The highest BCUT2D eigenvalue weighted by molar-refractivity contribution is 5.96. The van der Waals surface area contributed by atoms with Gasteiger partial charge >= 0.3 is 0 Å². The molecule has 7 nitrogen and oxygen atoms in total. The van der Waals surface area contributed by atoms with Crippen LogP contribution < -0.4 is 4.74 Å². The van der Waals surface area contributed by atoms with Gasteiger partial charge < -0.3 is 24.0 Å². The Morgan fingerprint density at radius 2 is 1.83 bits per heavy atom. The maximum Gasteiger partial charge on any atom is 0.257 e. The van der Waals surface area contributed by atoms with Crippen molar-refractivity contribution in [2.45, 2.75) is 38.2 Å². The molecule has 166 valence electrons. The fourth-order valence-corrected chi connectivity index (χ4v) is 4.08. The van der Waals surface area contributed by atoms with E-state index in [2.05, 4.69) is 0 Å². The first-order valence-electron chi connectivity index (χ1n) is 10.9. The van der Waals surface area contributed by atoms with E-state index in [1.807, 2.05) is 36.2 Å². The largest absolute Gasteiger partial charge is 0.489 e. The van der Waals surface area contributed by atoms with Crippen molar-refractivity contribution in [2.75, 3.05) is 53.6 Å². The molecule has 0 unspecified atom stereocenters. The lowest BCUT2D eigenvalue weighted by Gasteiger charge is -2.32. The lowest BCUT2D eigenvalue weighted by molar-refractivity contribution is -0.136. The number of ether oxygens (including phenoxy) is 3. The van der Waals surface area contributed by atoms with Crippen molar-refractivity contribution in [3.05, 3.63) is 29.8 Å². The molecule has 0 spiro atoms. The quantitative estimate of drug-likeness (QED) is 0.649. The first kappa shape index (κ1) is 22.6. The third-order valence-corrected chi connectivity index (χ3v) is 6.03. The highest BCUT2D eigenvalue weighted by Crippen LogP contribution is 2.25. The van der Waals surface area contributed by atoms with Gasteiger partial charge in [-0.25, -0.2) is 0 Å². The zero-order chi connectivity index (χ0) is 21.3. The van der Waals surface area contributed by atoms with Gasteiger partial charge in [-0.15, -0.1) is 0 Å². The summed E-state index contributed by atoms with van der Waals surface area (Å²) >= 11 is 0. The van der Waals surface area contributed by atoms with Gasteiger partial charge in [-0.3, -0.25) is 9.59 Å². The van der Waals surface area contributed by atoms with E-state index in [9.17, 15) is 9.59 Å². The Kier molecular flexibility index (Phi) is 8.51. The van der Waals surface area contributed by atoms with Crippen LogP contribution in [0.2, 0.25) is 0 Å². The molecule has 0 atom stereocenters. The summed E-state index contributed by atoms with van der Waals surface area (Å²) in [6, 6.07) is 7.46. The topological polar surface area (TPSA) is 68.3 Å². The van der Waals surface area contributed by atoms with E-state index in [4.69, 9.17) is 14.2 Å². The van der Waals surface area contributed by atoms with E-state index in [0.29, 0.717) is 30.3 Å². The molecule has 0 aromatic heterocycles. The maximum absolute atomic E-state index is 13.0. The standard InChI is InChI=1S/C23H34N2O5/c1-24(12-7-18-10-15-29-16-11-18)23(27)20-5-3-4-6-21(20)30-19-8-13-25(14-9-19)22(26)17-28-2/h3-6,18-19H,7-17H2,1-2H3. The number of hydrogen-bond donors (Lipinski definition) is 0. The molecule has 2 saturated heterocycles. The van der Waals surface area contributed by atoms with Crippen LogP contribution in [0.3, 0.4) is 0 Å². The SMILES string of the molecule is COCC(=O)N1CCC(Oc2ccccc2C(=O)N(C)CCC2CCOCC2)CC1. The predicted octanol–water partition coefficient (Wildman–Crippen LogP) is 2.59. The number of likely N-dealkylation sites (tertiary alicyclic amines) is 1. The van der Waals surface area contributed by atoms with Crippen LogP contribution in [0.5, 0.6) is 5.75 Å². The van der Waals surface area contributed by atoms with Crippen molar-refractivity contribution in [3.63, 3.8) is 0 Å². The molecule has 2 fully saturated rings. The number of rotatable bonds is 8. The van der Waals surface area contributed by atoms with Crippen molar-refractivity contribution >= 4 is 11.8 Å². The second-order valence-corrected chi connectivity index (χ2v) is 8.20. The molecular weight excluding hydrogens is 384 g/mol. The molecule has 0 N–H and O–H groups in total. The van der Waals surface area contributed by atoms with Gasteiger partial charge in [0.15, 0.2) is 0 Å². The second kappa shape index (κ2) is 11.3. The van der Waals surface area contributed by atoms with E-state index >= 15 is 0 Å². The lowest BCUT2D eigenvalue weighted by Crippen LogP contribution is -2.43. The monoisotopic (exact) mass is 418 g/mol. The molecule has 0 bridgehead atoms. The normalized spacial score (nSPS) is 18.3. The van der Waals surface area contributed by atoms with Gasteiger partial charge in [0.2, 0.25) is 5.91 Å². The number of para-hydroxylation sites is 1. The Labute approximate surface area is 179 Å². The van der Waals surface area contributed by atoms with E-state index in [0.717, 1.165) is 51.9 Å². The van der Waals surface area contributed by atoms with E-state index in [1.165, 1.54) is 7.11 Å². The minimum atomic E-state index is -0.00892. The summed E-state index contributed by atoms with van der Waals surface area (Å²) in [7, 11) is 3.39. The minimum absolute atomic E-state index is 0.00177. The summed E-state index contributed by atoms with van der Waals surface area (Å²) in [5.74, 6) is 1.26. The smallest absolute Gasteiger partial charge is 0.257 e. The van der Waals surface area contributed by atoms with Gasteiger partial charge in [-0.1, -0.05) is 12.1 Å². The van der Waals surface area contributed by atoms with Crippen LogP contribution in [0.1, 0.15) is 42.5 Å². The molecule has 2 aliphatic heterocycles. The average Bonchev–Trinajstić information content (AvgIpc) is 2.78. The molecule has 2 aliphatic rings. The molecule has 30 heavy (non-hydrogen) atoms. The molecule has 1 aromatic carbocycles. The van der Waals surface area contributed by atoms with Crippen LogP contribution in [0, 0.1) is 5.92 Å². The van der Waals surface area contributed by atoms with Gasteiger partial charge in [0.05, 0.1) is 5.56 Å². The lowest BCUT2D eigenvalue weighted by atomic mass is 9.96. The number of benzene rings is 1. The van der Waals surface area contributed by atoms with E-state index in [1.54, 1.807) is 4.90 Å². The number of hydrogen-bond acceptors (Lipinski definition) is 5. The third-order valence-electron chi connectivity index (χ3n) is 6.03. The zero-order valence-corrected chi connectivity index (χ0v) is 18.2. The fourth-order valence-electron chi connectivity index (χ4n) is 4.08. The van der Waals surface area contributed by atoms with E-state index < -0.39 is 0 Å². The Hall–Kier alpha value is -2.12. The Balaban J connectivity index is 1.53. The molecule has 7 heteroatoms. The van der Waals surface area contributed by atoms with Gasteiger partial charge in [0, 0.05) is 59.8 Å². The summed E-state index contributed by atoms with van der Waals surface area (Å²) in [5.41, 5.74) is 0.602. The number of carbonyl (C=O) groups is 2. The first-order chi connectivity index (χ1) is 14.6. The summed E-state index contributed by atoms with van der Waals surface area (Å²) in [6.07, 6.45) is 4.65. The van der Waals surface area contributed by atoms with Crippen molar-refractivity contribution in [1.29, 1.82) is 0 Å². The molecule has 2 amide bonds. The highest BCUT2D eigenvalue weighted by Gasteiger charge is 2.26. The van der Waals surface area contributed by atoms with Gasteiger partial charge in [-0.05, 0) is 37.3 Å². The van der Waals surface area contributed by atoms with Crippen molar-refractivity contribution in [2.24, 2.45) is 5.92 Å². The zero-order valence-electron chi connectivity index (χ0n) is 18.2. The van der Waals surface area contributed by atoms with E-state index in [-0.39, 0.29) is 24.5 Å². The molecule has 2 heterocycles. The number of carbonyl (C=O) groups excluding carboxylic acids is 2. The van der Waals surface area contributed by atoms with Gasteiger partial charge in [0.1, 0.15) is 18.5 Å². The maximum atomic E-state index is 13.0. The number of piperidine rings is 1. The minimum Gasteiger partial charge on any atom is -0.489 e. The van der Waals surface area contributed by atoms with Crippen LogP contribution in [-0.4, -0.2) is 81.3 Å². The second-order valence-electron chi connectivity index (χ2n) is 8.20. The van der Waals surface area contributed by atoms with Crippen molar-refractivity contribution in [3.8, 4) is 5.75 Å². The molecule has 0 radical (unpaired) electrons. The van der Waals surface area contributed by atoms with Crippen LogP contribution in [-0.2, 0) is 14.3 Å². The Morgan fingerprint density at radius 3 is 2.53 bits per heavy atom. The average molecular weight is 419 g/mol. The molecule has 0 saturated carbocycles. The summed E-state index contributed by atoms with van der Waals surface area (Å²) in [5, 5.41) is 0. The highest BCUT2D eigenvalue weighted by atomic mass is 16.5.